The maximum absolute atomic E-state index is 12.0. The van der Waals surface area contributed by atoms with Crippen LogP contribution in [0.1, 0.15) is 44.1 Å². The number of halogens is 1. The SMILES string of the molecule is Cc1ccc(Cl)cc1NC(=O)CCSC1CCCCC1. The minimum absolute atomic E-state index is 0.0821. The van der Waals surface area contributed by atoms with Crippen LogP contribution in [0.2, 0.25) is 5.02 Å². The monoisotopic (exact) mass is 311 g/mol. The molecule has 2 nitrogen and oxygen atoms in total. The normalized spacial score (nSPS) is 16.1. The first-order valence-corrected chi connectivity index (χ1v) is 8.75. The summed E-state index contributed by atoms with van der Waals surface area (Å²) in [5.74, 6) is 0.995. The van der Waals surface area contributed by atoms with Crippen LogP contribution in [0.25, 0.3) is 0 Å². The number of aryl methyl sites for hydroxylation is 1. The van der Waals surface area contributed by atoms with E-state index in [-0.39, 0.29) is 5.91 Å². The highest BCUT2D eigenvalue weighted by atomic mass is 35.5. The topological polar surface area (TPSA) is 29.1 Å². The molecule has 1 aliphatic rings. The minimum atomic E-state index is 0.0821. The average Bonchev–Trinajstić information content (AvgIpc) is 2.44. The Morgan fingerprint density at radius 2 is 2.10 bits per heavy atom. The molecule has 1 aromatic rings. The number of hydrogen-bond acceptors (Lipinski definition) is 2. The van der Waals surface area contributed by atoms with Crippen LogP contribution in [0, 0.1) is 6.92 Å². The van der Waals surface area contributed by atoms with E-state index in [0.717, 1.165) is 22.3 Å². The van der Waals surface area contributed by atoms with Gasteiger partial charge in [-0.25, -0.2) is 0 Å². The van der Waals surface area contributed by atoms with Gasteiger partial charge < -0.3 is 5.32 Å². The lowest BCUT2D eigenvalue weighted by Crippen LogP contribution is -2.15. The molecule has 0 aromatic heterocycles. The van der Waals surface area contributed by atoms with E-state index in [1.165, 1.54) is 32.1 Å². The fourth-order valence-corrected chi connectivity index (χ4v) is 3.97. The third kappa shape index (κ3) is 5.02. The van der Waals surface area contributed by atoms with Crippen LogP contribution in [0.15, 0.2) is 18.2 Å². The van der Waals surface area contributed by atoms with Gasteiger partial charge in [0.15, 0.2) is 0 Å². The van der Waals surface area contributed by atoms with Crippen molar-refractivity contribution in [1.29, 1.82) is 0 Å². The number of amides is 1. The van der Waals surface area contributed by atoms with Crippen LogP contribution >= 0.6 is 23.4 Å². The van der Waals surface area contributed by atoms with Crippen LogP contribution in [-0.2, 0) is 4.79 Å². The summed E-state index contributed by atoms with van der Waals surface area (Å²) in [5, 5.41) is 4.38. The van der Waals surface area contributed by atoms with E-state index in [4.69, 9.17) is 11.6 Å². The van der Waals surface area contributed by atoms with Crippen molar-refractivity contribution in [2.45, 2.75) is 50.7 Å². The molecule has 20 heavy (non-hydrogen) atoms. The third-order valence-electron chi connectivity index (χ3n) is 3.71. The highest BCUT2D eigenvalue weighted by molar-refractivity contribution is 7.99. The molecular weight excluding hydrogens is 290 g/mol. The van der Waals surface area contributed by atoms with Crippen LogP contribution in [0.4, 0.5) is 5.69 Å². The standard InChI is InChI=1S/C16H22ClNOS/c1-12-7-8-13(17)11-15(12)18-16(19)9-10-20-14-5-3-2-4-6-14/h7-8,11,14H,2-6,9-10H2,1H3,(H,18,19). The molecule has 0 radical (unpaired) electrons. The molecular formula is C16H22ClNOS. The summed E-state index contributed by atoms with van der Waals surface area (Å²) in [6.07, 6.45) is 7.30. The van der Waals surface area contributed by atoms with E-state index in [1.807, 2.05) is 36.9 Å². The van der Waals surface area contributed by atoms with Crippen LogP contribution in [-0.4, -0.2) is 16.9 Å². The molecule has 1 aromatic carbocycles. The van der Waals surface area contributed by atoms with Gasteiger partial charge in [0, 0.05) is 28.1 Å². The van der Waals surface area contributed by atoms with Gasteiger partial charge in [-0.05, 0) is 37.5 Å². The Hall–Kier alpha value is -0.670. The van der Waals surface area contributed by atoms with Gasteiger partial charge in [-0.3, -0.25) is 4.79 Å². The predicted octanol–water partition coefficient (Wildman–Crippen LogP) is 5.04. The lowest BCUT2D eigenvalue weighted by molar-refractivity contribution is -0.115. The molecule has 0 unspecified atom stereocenters. The summed E-state index contributed by atoms with van der Waals surface area (Å²) in [6, 6.07) is 5.57. The van der Waals surface area contributed by atoms with E-state index in [9.17, 15) is 4.79 Å². The van der Waals surface area contributed by atoms with E-state index in [1.54, 1.807) is 0 Å². The molecule has 1 saturated carbocycles. The zero-order valence-corrected chi connectivity index (χ0v) is 13.5. The van der Waals surface area contributed by atoms with Crippen molar-refractivity contribution >= 4 is 35.0 Å². The third-order valence-corrected chi connectivity index (χ3v) is 5.33. The number of nitrogens with one attached hydrogen (secondary N) is 1. The molecule has 4 heteroatoms. The van der Waals surface area contributed by atoms with Gasteiger partial charge in [0.05, 0.1) is 0 Å². The number of rotatable bonds is 5. The minimum Gasteiger partial charge on any atom is -0.326 e. The molecule has 0 bridgehead atoms. The Labute approximate surface area is 130 Å². The van der Waals surface area contributed by atoms with Gasteiger partial charge in [0.1, 0.15) is 0 Å². The molecule has 1 fully saturated rings. The summed E-state index contributed by atoms with van der Waals surface area (Å²) in [7, 11) is 0. The molecule has 0 aliphatic heterocycles. The summed E-state index contributed by atoms with van der Waals surface area (Å²) < 4.78 is 0. The molecule has 1 N–H and O–H groups in total. The Bertz CT molecular complexity index is 458. The Morgan fingerprint density at radius 3 is 2.85 bits per heavy atom. The highest BCUT2D eigenvalue weighted by Crippen LogP contribution is 2.28. The summed E-state index contributed by atoms with van der Waals surface area (Å²) in [4.78, 5) is 12.0. The van der Waals surface area contributed by atoms with E-state index in [0.29, 0.717) is 11.4 Å². The van der Waals surface area contributed by atoms with E-state index < -0.39 is 0 Å². The number of hydrogen-bond donors (Lipinski definition) is 1. The molecule has 0 saturated heterocycles. The Kier molecular flexibility index (Phi) is 6.24. The first-order valence-electron chi connectivity index (χ1n) is 7.33. The van der Waals surface area contributed by atoms with Crippen molar-refractivity contribution in [3.05, 3.63) is 28.8 Å². The molecule has 110 valence electrons. The number of anilines is 1. The van der Waals surface area contributed by atoms with Gasteiger partial charge in [0.25, 0.3) is 0 Å². The number of carbonyl (C=O) groups is 1. The number of carbonyl (C=O) groups excluding carboxylic acids is 1. The van der Waals surface area contributed by atoms with Gasteiger partial charge in [-0.15, -0.1) is 0 Å². The molecule has 2 rings (SSSR count). The fraction of sp³-hybridized carbons (Fsp3) is 0.562. The zero-order chi connectivity index (χ0) is 14.4. The Balaban J connectivity index is 1.73. The molecule has 0 atom stereocenters. The largest absolute Gasteiger partial charge is 0.326 e. The molecule has 0 heterocycles. The van der Waals surface area contributed by atoms with Crippen LogP contribution in [0.3, 0.4) is 0 Å². The van der Waals surface area contributed by atoms with E-state index >= 15 is 0 Å². The van der Waals surface area contributed by atoms with Crippen molar-refractivity contribution in [3.63, 3.8) is 0 Å². The van der Waals surface area contributed by atoms with Crippen molar-refractivity contribution in [1.82, 2.24) is 0 Å². The smallest absolute Gasteiger partial charge is 0.225 e. The van der Waals surface area contributed by atoms with Gasteiger partial charge in [0.2, 0.25) is 5.91 Å². The molecule has 0 spiro atoms. The molecule has 1 aliphatic carbocycles. The fourth-order valence-electron chi connectivity index (χ4n) is 2.49. The summed E-state index contributed by atoms with van der Waals surface area (Å²) >= 11 is 7.91. The lowest BCUT2D eigenvalue weighted by atomic mass is 10.0. The van der Waals surface area contributed by atoms with Crippen LogP contribution < -0.4 is 5.32 Å². The maximum atomic E-state index is 12.0. The first-order chi connectivity index (χ1) is 9.65. The average molecular weight is 312 g/mol. The van der Waals surface area contributed by atoms with E-state index in [2.05, 4.69) is 5.32 Å². The van der Waals surface area contributed by atoms with Crippen molar-refractivity contribution < 1.29 is 4.79 Å². The molecule has 1 amide bonds. The summed E-state index contributed by atoms with van der Waals surface area (Å²) in [6.45, 7) is 1.97. The van der Waals surface area contributed by atoms with Crippen LogP contribution in [0.5, 0.6) is 0 Å². The van der Waals surface area contributed by atoms with Gasteiger partial charge >= 0.3 is 0 Å². The van der Waals surface area contributed by atoms with Crippen molar-refractivity contribution in [3.8, 4) is 0 Å². The Morgan fingerprint density at radius 1 is 1.35 bits per heavy atom. The van der Waals surface area contributed by atoms with Crippen molar-refractivity contribution in [2.75, 3.05) is 11.1 Å². The predicted molar refractivity (Wildman–Crippen MR) is 88.8 cm³/mol. The number of thioether (sulfide) groups is 1. The van der Waals surface area contributed by atoms with Crippen molar-refractivity contribution in [2.24, 2.45) is 0 Å². The first kappa shape index (κ1) is 15.7. The highest BCUT2D eigenvalue weighted by Gasteiger charge is 2.14. The number of benzene rings is 1. The second kappa shape index (κ2) is 7.94. The lowest BCUT2D eigenvalue weighted by Gasteiger charge is -2.20. The summed E-state index contributed by atoms with van der Waals surface area (Å²) in [5.41, 5.74) is 1.87. The van der Waals surface area contributed by atoms with Gasteiger partial charge in [-0.1, -0.05) is 36.9 Å². The quantitative estimate of drug-likeness (QED) is 0.825. The second-order valence-corrected chi connectivity index (χ2v) is 7.23. The van der Waals surface area contributed by atoms with Gasteiger partial charge in [-0.2, -0.15) is 11.8 Å². The zero-order valence-electron chi connectivity index (χ0n) is 12.0. The maximum Gasteiger partial charge on any atom is 0.225 e. The second-order valence-electron chi connectivity index (χ2n) is 5.39.